The van der Waals surface area contributed by atoms with Crippen LogP contribution in [0.2, 0.25) is 0 Å². The fourth-order valence-electron chi connectivity index (χ4n) is 3.86. The van der Waals surface area contributed by atoms with Gasteiger partial charge in [0.15, 0.2) is 5.82 Å². The van der Waals surface area contributed by atoms with Gasteiger partial charge in [-0.2, -0.15) is 0 Å². The Balaban J connectivity index is 1.53. The molecule has 4 rings (SSSR count). The molecule has 0 N–H and O–H groups in total. The molecule has 0 bridgehead atoms. The van der Waals surface area contributed by atoms with Gasteiger partial charge in [-0.3, -0.25) is 9.78 Å². The van der Waals surface area contributed by atoms with Crippen molar-refractivity contribution in [3.63, 3.8) is 0 Å². The number of hydrogen-bond acceptors (Lipinski definition) is 4. The average molecular weight is 343 g/mol. The molecule has 4 heterocycles. The van der Waals surface area contributed by atoms with Crippen molar-refractivity contribution in [2.75, 3.05) is 6.54 Å². The average Bonchev–Trinajstić information content (AvgIpc) is 3.18. The number of carbonyl (C=O) groups excluding carboxylic acids is 1. The molecular weight excluding hydrogens is 321 g/mol. The van der Waals surface area contributed by atoms with Crippen molar-refractivity contribution in [2.24, 2.45) is 0 Å². The van der Waals surface area contributed by atoms with E-state index in [1.54, 1.807) is 6.07 Å². The summed E-state index contributed by atoms with van der Waals surface area (Å²) in [5.41, 5.74) is 0.595. The number of hydrogen-bond donors (Lipinski definition) is 0. The Labute approximate surface area is 146 Å². The minimum absolute atomic E-state index is 0.00713. The first-order valence-electron chi connectivity index (χ1n) is 9.04. The van der Waals surface area contributed by atoms with Gasteiger partial charge in [-0.05, 0) is 37.8 Å². The molecule has 2 aromatic heterocycles. The summed E-state index contributed by atoms with van der Waals surface area (Å²) in [6, 6.07) is 2.91. The van der Waals surface area contributed by atoms with Crippen molar-refractivity contribution in [1.82, 2.24) is 24.6 Å². The summed E-state index contributed by atoms with van der Waals surface area (Å²) in [6.07, 6.45) is 7.70. The number of halogens is 1. The first-order valence-corrected chi connectivity index (χ1v) is 9.04. The van der Waals surface area contributed by atoms with E-state index in [1.165, 1.54) is 12.5 Å². The molecule has 132 valence electrons. The number of fused-ring (bicyclic) bond motifs is 1. The monoisotopic (exact) mass is 343 g/mol. The standard InChI is InChI=1S/C18H22FN5O/c19-13-7-8-14(20-12-13)11-17(25)23-10-4-5-15(23)18-22-21-16-6-2-1-3-9-24(16)18/h7-8,12,15H,1-6,9-11H2. The molecule has 0 aromatic carbocycles. The topological polar surface area (TPSA) is 63.9 Å². The fraction of sp³-hybridized carbons (Fsp3) is 0.556. The zero-order valence-corrected chi connectivity index (χ0v) is 14.2. The third-order valence-electron chi connectivity index (χ3n) is 5.13. The number of aryl methyl sites for hydroxylation is 1. The highest BCUT2D eigenvalue weighted by Crippen LogP contribution is 2.32. The second kappa shape index (κ2) is 6.90. The summed E-state index contributed by atoms with van der Waals surface area (Å²) in [6.45, 7) is 1.67. The van der Waals surface area contributed by atoms with Gasteiger partial charge >= 0.3 is 0 Å². The number of rotatable bonds is 3. The third kappa shape index (κ3) is 3.27. The Hall–Kier alpha value is -2.31. The van der Waals surface area contributed by atoms with Crippen LogP contribution in [0.1, 0.15) is 55.5 Å². The molecule has 0 saturated carbocycles. The molecule has 2 aliphatic heterocycles. The quantitative estimate of drug-likeness (QED) is 0.859. The first-order chi connectivity index (χ1) is 12.2. The second-order valence-corrected chi connectivity index (χ2v) is 6.83. The predicted octanol–water partition coefficient (Wildman–Crippen LogP) is 2.44. The number of carbonyl (C=O) groups is 1. The molecule has 0 aliphatic carbocycles. The molecular formula is C18H22FN5O. The highest BCUT2D eigenvalue weighted by molar-refractivity contribution is 5.79. The lowest BCUT2D eigenvalue weighted by atomic mass is 10.2. The minimum atomic E-state index is -0.388. The number of pyridine rings is 1. The largest absolute Gasteiger partial charge is 0.332 e. The molecule has 7 heteroatoms. The summed E-state index contributed by atoms with van der Waals surface area (Å²) >= 11 is 0. The molecule has 1 amide bonds. The van der Waals surface area contributed by atoms with Crippen molar-refractivity contribution < 1.29 is 9.18 Å². The summed E-state index contributed by atoms with van der Waals surface area (Å²) < 4.78 is 15.2. The van der Waals surface area contributed by atoms with Gasteiger partial charge < -0.3 is 9.47 Å². The summed E-state index contributed by atoms with van der Waals surface area (Å²) in [5, 5.41) is 8.80. The lowest BCUT2D eigenvalue weighted by Gasteiger charge is -2.24. The van der Waals surface area contributed by atoms with Gasteiger partial charge in [-0.15, -0.1) is 10.2 Å². The second-order valence-electron chi connectivity index (χ2n) is 6.83. The summed E-state index contributed by atoms with van der Waals surface area (Å²) in [4.78, 5) is 18.7. The number of nitrogens with zero attached hydrogens (tertiary/aromatic N) is 5. The molecule has 2 aromatic rings. The van der Waals surface area contributed by atoms with Crippen LogP contribution >= 0.6 is 0 Å². The highest BCUT2D eigenvalue weighted by Gasteiger charge is 2.34. The number of aromatic nitrogens is 4. The SMILES string of the molecule is O=C(Cc1ccc(F)cn1)N1CCCC1c1nnc2n1CCCCC2. The van der Waals surface area contributed by atoms with Gasteiger partial charge in [0.05, 0.1) is 18.7 Å². The Kier molecular flexibility index (Phi) is 4.46. The van der Waals surface area contributed by atoms with Crippen molar-refractivity contribution in [2.45, 2.75) is 57.5 Å². The van der Waals surface area contributed by atoms with Gasteiger partial charge in [-0.25, -0.2) is 4.39 Å². The van der Waals surface area contributed by atoms with Crippen LogP contribution in [0.3, 0.4) is 0 Å². The lowest BCUT2D eigenvalue weighted by molar-refractivity contribution is -0.131. The van der Waals surface area contributed by atoms with Crippen LogP contribution in [-0.2, 0) is 24.2 Å². The normalized spacial score (nSPS) is 20.4. The van der Waals surface area contributed by atoms with Crippen LogP contribution in [0.4, 0.5) is 4.39 Å². The van der Waals surface area contributed by atoms with E-state index in [9.17, 15) is 9.18 Å². The van der Waals surface area contributed by atoms with Gasteiger partial charge in [0.2, 0.25) is 5.91 Å². The third-order valence-corrected chi connectivity index (χ3v) is 5.13. The van der Waals surface area contributed by atoms with Gasteiger partial charge in [0, 0.05) is 25.2 Å². The van der Waals surface area contributed by atoms with Gasteiger partial charge in [-0.1, -0.05) is 6.42 Å². The number of amides is 1. The van der Waals surface area contributed by atoms with Crippen LogP contribution in [-0.4, -0.2) is 37.1 Å². The van der Waals surface area contributed by atoms with Crippen LogP contribution in [0.25, 0.3) is 0 Å². The maximum atomic E-state index is 13.0. The van der Waals surface area contributed by atoms with E-state index in [2.05, 4.69) is 19.7 Å². The summed E-state index contributed by atoms with van der Waals surface area (Å²) in [7, 11) is 0. The molecule has 25 heavy (non-hydrogen) atoms. The van der Waals surface area contributed by atoms with Crippen LogP contribution < -0.4 is 0 Å². The molecule has 6 nitrogen and oxygen atoms in total. The number of likely N-dealkylation sites (tertiary alicyclic amines) is 1. The molecule has 0 spiro atoms. The highest BCUT2D eigenvalue weighted by atomic mass is 19.1. The van der Waals surface area contributed by atoms with E-state index < -0.39 is 0 Å². The van der Waals surface area contributed by atoms with Crippen molar-refractivity contribution >= 4 is 5.91 Å². The van der Waals surface area contributed by atoms with E-state index in [0.29, 0.717) is 5.69 Å². The maximum Gasteiger partial charge on any atom is 0.229 e. The van der Waals surface area contributed by atoms with E-state index in [-0.39, 0.29) is 24.2 Å². The smallest absolute Gasteiger partial charge is 0.229 e. The van der Waals surface area contributed by atoms with Crippen molar-refractivity contribution in [3.8, 4) is 0 Å². The molecule has 2 aliphatic rings. The van der Waals surface area contributed by atoms with Gasteiger partial charge in [0.1, 0.15) is 11.6 Å². The van der Waals surface area contributed by atoms with Crippen molar-refractivity contribution in [3.05, 3.63) is 41.5 Å². The lowest BCUT2D eigenvalue weighted by Crippen LogP contribution is -2.33. The van der Waals surface area contributed by atoms with E-state index >= 15 is 0 Å². The van der Waals surface area contributed by atoms with Crippen molar-refractivity contribution in [1.29, 1.82) is 0 Å². The van der Waals surface area contributed by atoms with E-state index in [4.69, 9.17) is 0 Å². The van der Waals surface area contributed by atoms with E-state index in [0.717, 1.165) is 63.0 Å². The Morgan fingerprint density at radius 2 is 2.08 bits per heavy atom. The maximum absolute atomic E-state index is 13.0. The zero-order chi connectivity index (χ0) is 17.2. The van der Waals surface area contributed by atoms with Crippen LogP contribution in [0.15, 0.2) is 18.3 Å². The molecule has 1 atom stereocenters. The zero-order valence-electron chi connectivity index (χ0n) is 14.2. The molecule has 0 radical (unpaired) electrons. The Bertz CT molecular complexity index is 757. The van der Waals surface area contributed by atoms with Crippen LogP contribution in [0, 0.1) is 5.82 Å². The molecule has 1 unspecified atom stereocenters. The molecule has 1 saturated heterocycles. The minimum Gasteiger partial charge on any atom is -0.332 e. The molecule has 1 fully saturated rings. The summed E-state index contributed by atoms with van der Waals surface area (Å²) in [5.74, 6) is 1.61. The van der Waals surface area contributed by atoms with E-state index in [1.807, 2.05) is 4.90 Å². The fourth-order valence-corrected chi connectivity index (χ4v) is 3.86. The van der Waals surface area contributed by atoms with Crippen LogP contribution in [0.5, 0.6) is 0 Å². The first kappa shape index (κ1) is 16.2. The Morgan fingerprint density at radius 3 is 2.92 bits per heavy atom. The Morgan fingerprint density at radius 1 is 1.16 bits per heavy atom. The predicted molar refractivity (Wildman–Crippen MR) is 89.2 cm³/mol. The van der Waals surface area contributed by atoms with Gasteiger partial charge in [0.25, 0.3) is 0 Å².